The van der Waals surface area contributed by atoms with Crippen molar-refractivity contribution in [2.24, 2.45) is 0 Å². The van der Waals surface area contributed by atoms with Crippen LogP contribution in [0, 0.1) is 0 Å². The van der Waals surface area contributed by atoms with Gasteiger partial charge in [-0.3, -0.25) is 10.1 Å². The molecule has 6 nitrogen and oxygen atoms in total. The van der Waals surface area contributed by atoms with Crippen molar-refractivity contribution in [2.45, 2.75) is 19.8 Å². The Morgan fingerprint density at radius 1 is 0.879 bits per heavy atom. The summed E-state index contributed by atoms with van der Waals surface area (Å²) in [4.78, 5) is 24.7. The summed E-state index contributed by atoms with van der Waals surface area (Å²) in [5.41, 5.74) is 2.64. The summed E-state index contributed by atoms with van der Waals surface area (Å²) in [5, 5.41) is 5.75. The van der Waals surface area contributed by atoms with E-state index >= 15 is 0 Å². The number of para-hydroxylation sites is 1. The molecule has 3 aromatic carbocycles. The first-order valence-electron chi connectivity index (χ1n) is 10.7. The van der Waals surface area contributed by atoms with Crippen molar-refractivity contribution in [2.75, 3.05) is 18.5 Å². The Bertz CT molecular complexity index is 1080. The number of thiocarbonyl (C=S) groups is 1. The van der Waals surface area contributed by atoms with Crippen molar-refractivity contribution in [3.8, 4) is 5.75 Å². The van der Waals surface area contributed by atoms with E-state index in [9.17, 15) is 9.59 Å². The van der Waals surface area contributed by atoms with Gasteiger partial charge in [0.2, 0.25) is 0 Å². The van der Waals surface area contributed by atoms with E-state index < -0.39 is 0 Å². The lowest BCUT2D eigenvalue weighted by Crippen LogP contribution is -2.34. The molecule has 0 radical (unpaired) electrons. The lowest BCUT2D eigenvalue weighted by Gasteiger charge is -2.13. The molecule has 0 aliphatic rings. The molecule has 0 bridgehead atoms. The van der Waals surface area contributed by atoms with Gasteiger partial charge >= 0.3 is 5.97 Å². The van der Waals surface area contributed by atoms with E-state index in [2.05, 4.69) is 10.6 Å². The van der Waals surface area contributed by atoms with Gasteiger partial charge in [-0.05, 0) is 60.6 Å². The van der Waals surface area contributed by atoms with Crippen molar-refractivity contribution >= 4 is 34.9 Å². The van der Waals surface area contributed by atoms with Crippen LogP contribution in [0.2, 0.25) is 0 Å². The summed E-state index contributed by atoms with van der Waals surface area (Å²) in [6.07, 6.45) is 1.50. The van der Waals surface area contributed by atoms with Crippen LogP contribution in [-0.2, 0) is 11.2 Å². The highest BCUT2D eigenvalue weighted by atomic mass is 32.1. The van der Waals surface area contributed by atoms with E-state index in [-0.39, 0.29) is 17.0 Å². The van der Waals surface area contributed by atoms with Crippen LogP contribution in [0.25, 0.3) is 0 Å². The van der Waals surface area contributed by atoms with Gasteiger partial charge in [0, 0.05) is 12.1 Å². The molecule has 2 N–H and O–H groups in total. The summed E-state index contributed by atoms with van der Waals surface area (Å²) in [6.45, 7) is 2.77. The Kier molecular flexibility index (Phi) is 8.97. The van der Waals surface area contributed by atoms with Crippen LogP contribution < -0.4 is 15.4 Å². The van der Waals surface area contributed by atoms with Gasteiger partial charge in [-0.1, -0.05) is 49.4 Å². The van der Waals surface area contributed by atoms with Crippen LogP contribution in [0.4, 0.5) is 5.69 Å². The van der Waals surface area contributed by atoms with Crippen molar-refractivity contribution in [1.82, 2.24) is 5.32 Å². The zero-order valence-corrected chi connectivity index (χ0v) is 19.2. The molecular formula is C26H26N2O4S. The van der Waals surface area contributed by atoms with Crippen LogP contribution >= 0.6 is 12.2 Å². The molecule has 0 saturated carbocycles. The predicted octanol–water partition coefficient (Wildman–Crippen LogP) is 5.00. The number of carbonyl (C=O) groups is 2. The van der Waals surface area contributed by atoms with Crippen LogP contribution in [0.1, 0.15) is 39.6 Å². The molecule has 3 rings (SSSR count). The first-order chi connectivity index (χ1) is 16.1. The van der Waals surface area contributed by atoms with Crippen molar-refractivity contribution in [3.05, 3.63) is 95.6 Å². The summed E-state index contributed by atoms with van der Waals surface area (Å²) in [7, 11) is 0. The number of hydrogen-bond donors (Lipinski definition) is 2. The number of anilines is 1. The third-order valence-corrected chi connectivity index (χ3v) is 4.87. The highest BCUT2D eigenvalue weighted by Crippen LogP contribution is 2.18. The minimum atomic E-state index is -0.373. The second kappa shape index (κ2) is 12.4. The second-order valence-electron chi connectivity index (χ2n) is 7.20. The first-order valence-corrected chi connectivity index (χ1v) is 11.1. The molecule has 0 aromatic heterocycles. The fourth-order valence-corrected chi connectivity index (χ4v) is 3.21. The third kappa shape index (κ3) is 7.43. The zero-order valence-electron chi connectivity index (χ0n) is 18.4. The fraction of sp³-hybridized carbons (Fsp3) is 0.192. The molecule has 0 saturated heterocycles. The molecule has 0 spiro atoms. The van der Waals surface area contributed by atoms with Crippen molar-refractivity contribution in [1.29, 1.82) is 0 Å². The Morgan fingerprint density at radius 3 is 2.30 bits per heavy atom. The Hall–Kier alpha value is -3.71. The minimum absolute atomic E-state index is 0.139. The van der Waals surface area contributed by atoms with Gasteiger partial charge in [0.25, 0.3) is 5.91 Å². The molecule has 0 unspecified atom stereocenters. The van der Waals surface area contributed by atoms with Gasteiger partial charge in [0.15, 0.2) is 5.11 Å². The summed E-state index contributed by atoms with van der Waals surface area (Å²) >= 11 is 5.27. The number of rotatable bonds is 9. The Morgan fingerprint density at radius 2 is 1.58 bits per heavy atom. The van der Waals surface area contributed by atoms with Gasteiger partial charge in [0.1, 0.15) is 5.75 Å². The molecule has 7 heteroatoms. The number of hydrogen-bond acceptors (Lipinski definition) is 5. The van der Waals surface area contributed by atoms with Gasteiger partial charge in [-0.25, -0.2) is 4.79 Å². The lowest BCUT2D eigenvalue weighted by atomic mass is 10.1. The molecule has 0 aliphatic carbocycles. The smallest absolute Gasteiger partial charge is 0.338 e. The van der Waals surface area contributed by atoms with E-state index in [1.165, 1.54) is 0 Å². The largest absolute Gasteiger partial charge is 0.492 e. The van der Waals surface area contributed by atoms with E-state index in [1.807, 2.05) is 43.3 Å². The highest BCUT2D eigenvalue weighted by molar-refractivity contribution is 7.80. The minimum Gasteiger partial charge on any atom is -0.492 e. The Balaban J connectivity index is 1.54. The van der Waals surface area contributed by atoms with Crippen LogP contribution in [0.5, 0.6) is 5.75 Å². The molecule has 33 heavy (non-hydrogen) atoms. The topological polar surface area (TPSA) is 76.7 Å². The van der Waals surface area contributed by atoms with Gasteiger partial charge in [-0.2, -0.15) is 0 Å². The standard InChI is InChI=1S/C26H26N2O4S/c1-2-17-32-25(30)20-12-14-21(15-13-20)27-26(33)28-24(29)22-10-6-7-11-23(22)31-18-16-19-8-4-3-5-9-19/h3-15H,2,16-18H2,1H3,(H2,27,28,29,33). The normalized spacial score (nSPS) is 10.2. The molecular weight excluding hydrogens is 436 g/mol. The molecule has 0 heterocycles. The molecule has 0 aliphatic heterocycles. The monoisotopic (exact) mass is 462 g/mol. The van der Waals surface area contributed by atoms with Gasteiger partial charge in [0.05, 0.1) is 24.3 Å². The van der Waals surface area contributed by atoms with Gasteiger partial charge < -0.3 is 14.8 Å². The second-order valence-corrected chi connectivity index (χ2v) is 7.61. The number of benzene rings is 3. The number of carbonyl (C=O) groups excluding carboxylic acids is 2. The summed E-state index contributed by atoms with van der Waals surface area (Å²) in [5.74, 6) is -0.255. The highest BCUT2D eigenvalue weighted by Gasteiger charge is 2.14. The zero-order chi connectivity index (χ0) is 23.5. The Labute approximate surface area is 198 Å². The van der Waals surface area contributed by atoms with Crippen LogP contribution in [0.3, 0.4) is 0 Å². The van der Waals surface area contributed by atoms with E-state index in [0.29, 0.717) is 35.8 Å². The number of ether oxygens (including phenoxy) is 2. The maximum Gasteiger partial charge on any atom is 0.338 e. The quantitative estimate of drug-likeness (QED) is 0.344. The third-order valence-electron chi connectivity index (χ3n) is 4.67. The van der Waals surface area contributed by atoms with E-state index in [1.54, 1.807) is 42.5 Å². The molecule has 0 fully saturated rings. The van der Waals surface area contributed by atoms with Crippen molar-refractivity contribution in [3.63, 3.8) is 0 Å². The van der Waals surface area contributed by atoms with E-state index in [4.69, 9.17) is 21.7 Å². The number of nitrogens with one attached hydrogen (secondary N) is 2. The average molecular weight is 463 g/mol. The fourth-order valence-electron chi connectivity index (χ4n) is 3.00. The van der Waals surface area contributed by atoms with Crippen LogP contribution in [-0.4, -0.2) is 30.2 Å². The molecule has 3 aromatic rings. The summed E-state index contributed by atoms with van der Waals surface area (Å²) in [6, 6.07) is 23.7. The SMILES string of the molecule is CCCOC(=O)c1ccc(NC(=S)NC(=O)c2ccccc2OCCc2ccccc2)cc1. The van der Waals surface area contributed by atoms with Gasteiger partial charge in [-0.15, -0.1) is 0 Å². The average Bonchev–Trinajstić information content (AvgIpc) is 2.84. The number of esters is 1. The maximum absolute atomic E-state index is 12.8. The predicted molar refractivity (Wildman–Crippen MR) is 133 cm³/mol. The molecule has 0 atom stereocenters. The first kappa shape index (κ1) is 23.9. The number of amides is 1. The molecule has 170 valence electrons. The van der Waals surface area contributed by atoms with E-state index in [0.717, 1.165) is 18.4 Å². The van der Waals surface area contributed by atoms with Crippen molar-refractivity contribution < 1.29 is 19.1 Å². The van der Waals surface area contributed by atoms with Crippen LogP contribution in [0.15, 0.2) is 78.9 Å². The molecule has 1 amide bonds. The maximum atomic E-state index is 12.8. The summed E-state index contributed by atoms with van der Waals surface area (Å²) < 4.78 is 11.0. The lowest BCUT2D eigenvalue weighted by molar-refractivity contribution is 0.0505.